The van der Waals surface area contributed by atoms with Crippen LogP contribution < -0.4 is 5.32 Å². The van der Waals surface area contributed by atoms with Crippen LogP contribution in [0.5, 0.6) is 0 Å². The highest BCUT2D eigenvalue weighted by Crippen LogP contribution is 2.27. The van der Waals surface area contributed by atoms with Gasteiger partial charge in [0.05, 0.1) is 11.9 Å². The molecule has 6 nitrogen and oxygen atoms in total. The molecule has 3 unspecified atom stereocenters. The predicted molar refractivity (Wildman–Crippen MR) is 97.2 cm³/mol. The maximum Gasteiger partial charge on any atom is 0.239 e. The Labute approximate surface area is 152 Å². The van der Waals surface area contributed by atoms with Crippen molar-refractivity contribution < 1.29 is 22.7 Å². The monoisotopic (exact) mass is 387 g/mol. The summed E-state index contributed by atoms with van der Waals surface area (Å²) in [6.45, 7) is 7.30. The van der Waals surface area contributed by atoms with Gasteiger partial charge in [0.25, 0.3) is 0 Å². The van der Waals surface area contributed by atoms with E-state index in [4.69, 9.17) is 4.74 Å². The molecular formula is C17H25NO5S2. The normalized spacial score (nSPS) is 22.8. The number of carbonyl (C=O) groups excluding carboxylic acids is 2. The van der Waals surface area contributed by atoms with Crippen molar-refractivity contribution in [3.63, 3.8) is 0 Å². The number of ketones is 1. The summed E-state index contributed by atoms with van der Waals surface area (Å²) in [6.07, 6.45) is -0.269. The van der Waals surface area contributed by atoms with Gasteiger partial charge in [0.15, 0.2) is 15.6 Å². The lowest BCUT2D eigenvalue weighted by molar-refractivity contribution is -0.126. The fraction of sp³-hybridized carbons (Fsp3) is 0.647. The molecule has 1 fully saturated rings. The van der Waals surface area contributed by atoms with Gasteiger partial charge in [-0.2, -0.15) is 0 Å². The molecule has 1 aliphatic rings. The minimum absolute atomic E-state index is 0.0575. The van der Waals surface area contributed by atoms with Crippen LogP contribution in [0.25, 0.3) is 0 Å². The second kappa shape index (κ2) is 7.55. The number of thiophene rings is 1. The maximum absolute atomic E-state index is 12.9. The minimum atomic E-state index is -3.71. The quantitative estimate of drug-likeness (QED) is 0.806. The predicted octanol–water partition coefficient (Wildman–Crippen LogP) is 1.94. The van der Waals surface area contributed by atoms with Crippen LogP contribution in [-0.4, -0.2) is 44.1 Å². The number of sulfone groups is 1. The van der Waals surface area contributed by atoms with Crippen LogP contribution in [-0.2, 0) is 29.9 Å². The molecule has 0 saturated carbocycles. The van der Waals surface area contributed by atoms with Gasteiger partial charge in [0, 0.05) is 4.88 Å². The highest BCUT2D eigenvalue weighted by molar-refractivity contribution is 7.92. The summed E-state index contributed by atoms with van der Waals surface area (Å²) in [5, 5.41) is 3.20. The van der Waals surface area contributed by atoms with Gasteiger partial charge in [-0.05, 0) is 30.2 Å². The zero-order chi connectivity index (χ0) is 18.8. The number of amides is 1. The lowest BCUT2D eigenvalue weighted by Gasteiger charge is -2.26. The molecule has 0 aromatic carbocycles. The molecule has 2 heterocycles. The van der Waals surface area contributed by atoms with Gasteiger partial charge in [-0.1, -0.05) is 26.8 Å². The molecule has 3 atom stereocenters. The van der Waals surface area contributed by atoms with Crippen molar-refractivity contribution in [1.29, 1.82) is 0 Å². The van der Waals surface area contributed by atoms with Crippen LogP contribution in [0.3, 0.4) is 0 Å². The van der Waals surface area contributed by atoms with Crippen LogP contribution in [0.1, 0.15) is 39.0 Å². The van der Waals surface area contributed by atoms with E-state index < -0.39 is 33.1 Å². The fourth-order valence-corrected chi connectivity index (χ4v) is 5.83. The second-order valence-electron chi connectivity index (χ2n) is 7.61. The first kappa shape index (κ1) is 20.1. The van der Waals surface area contributed by atoms with Crippen molar-refractivity contribution >= 4 is 32.9 Å². The van der Waals surface area contributed by atoms with Gasteiger partial charge in [0.1, 0.15) is 17.9 Å². The Bertz CT molecular complexity index is 719. The third-order valence-electron chi connectivity index (χ3n) is 4.05. The van der Waals surface area contributed by atoms with Crippen molar-refractivity contribution in [2.75, 3.05) is 6.61 Å². The minimum Gasteiger partial charge on any atom is -0.368 e. The van der Waals surface area contributed by atoms with Gasteiger partial charge in [-0.15, -0.1) is 11.3 Å². The molecule has 0 bridgehead atoms. The fourth-order valence-electron chi connectivity index (χ4n) is 2.74. The molecule has 1 aromatic heterocycles. The number of hydrogen-bond donors (Lipinski definition) is 1. The number of hydrogen-bond acceptors (Lipinski definition) is 6. The van der Waals surface area contributed by atoms with Gasteiger partial charge < -0.3 is 10.1 Å². The lowest BCUT2D eigenvalue weighted by atomic mass is 9.90. The topological polar surface area (TPSA) is 89.5 Å². The number of carbonyl (C=O) groups is 2. The van der Waals surface area contributed by atoms with E-state index >= 15 is 0 Å². The third kappa shape index (κ3) is 5.36. The summed E-state index contributed by atoms with van der Waals surface area (Å²) < 4.78 is 31.0. The Kier molecular flexibility index (Phi) is 6.06. The largest absolute Gasteiger partial charge is 0.368 e. The number of Topliss-reactive ketones (excluding diaryl/α,β-unsaturated/α-hetero) is 1. The zero-order valence-corrected chi connectivity index (χ0v) is 16.6. The van der Waals surface area contributed by atoms with Gasteiger partial charge >= 0.3 is 0 Å². The Balaban J connectivity index is 2.22. The summed E-state index contributed by atoms with van der Waals surface area (Å²) >= 11 is 1.35. The summed E-state index contributed by atoms with van der Waals surface area (Å²) in [7, 11) is -3.71. The molecule has 0 aliphatic carbocycles. The van der Waals surface area contributed by atoms with E-state index in [9.17, 15) is 18.0 Å². The summed E-state index contributed by atoms with van der Waals surface area (Å²) in [6, 6.07) is 2.74. The second-order valence-corrected chi connectivity index (χ2v) is 10.8. The highest BCUT2D eigenvalue weighted by Gasteiger charge is 2.40. The van der Waals surface area contributed by atoms with E-state index in [1.807, 2.05) is 20.8 Å². The van der Waals surface area contributed by atoms with Gasteiger partial charge in [-0.3, -0.25) is 9.59 Å². The van der Waals surface area contributed by atoms with E-state index in [0.717, 1.165) is 0 Å². The standard InChI is InChI=1S/C17H25NO5S2/c1-11-15(13(19)9-23-11)18-16(20)14(8-17(2,3)4)25(21,22)10-12-6-5-7-24-12/h5-7,11,14-15H,8-10H2,1-4H3,(H,18,20). The lowest BCUT2D eigenvalue weighted by Crippen LogP contribution is -2.50. The first-order chi connectivity index (χ1) is 11.5. The van der Waals surface area contributed by atoms with Crippen LogP contribution in [0.4, 0.5) is 0 Å². The number of nitrogens with one attached hydrogen (secondary N) is 1. The van der Waals surface area contributed by atoms with Crippen LogP contribution in [0, 0.1) is 5.41 Å². The SMILES string of the molecule is CC1OCC(=O)C1NC(=O)C(CC(C)(C)C)S(=O)(=O)Cc1cccs1. The molecule has 25 heavy (non-hydrogen) atoms. The highest BCUT2D eigenvalue weighted by atomic mass is 32.2. The third-order valence-corrected chi connectivity index (χ3v) is 7.07. The molecule has 1 saturated heterocycles. The Morgan fingerprint density at radius 1 is 1.44 bits per heavy atom. The Morgan fingerprint density at radius 2 is 2.12 bits per heavy atom. The van der Waals surface area contributed by atoms with Gasteiger partial charge in [-0.25, -0.2) is 8.42 Å². The van der Waals surface area contributed by atoms with Gasteiger partial charge in [0.2, 0.25) is 5.91 Å². The van der Waals surface area contributed by atoms with E-state index in [1.54, 1.807) is 24.4 Å². The van der Waals surface area contributed by atoms with Crippen molar-refractivity contribution in [1.82, 2.24) is 5.32 Å². The average Bonchev–Trinajstić information content (AvgIpc) is 3.08. The molecule has 0 radical (unpaired) electrons. The molecule has 140 valence electrons. The molecular weight excluding hydrogens is 362 g/mol. The first-order valence-electron chi connectivity index (χ1n) is 8.18. The smallest absolute Gasteiger partial charge is 0.239 e. The van der Waals surface area contributed by atoms with Crippen LogP contribution >= 0.6 is 11.3 Å². The van der Waals surface area contributed by atoms with Crippen LogP contribution in [0.2, 0.25) is 0 Å². The van der Waals surface area contributed by atoms with E-state index in [1.165, 1.54) is 11.3 Å². The van der Waals surface area contributed by atoms with Crippen molar-refractivity contribution in [3.05, 3.63) is 22.4 Å². The van der Waals surface area contributed by atoms with Crippen molar-refractivity contribution in [2.45, 2.75) is 57.3 Å². The molecule has 1 N–H and O–H groups in total. The molecule has 0 spiro atoms. The molecule has 1 aliphatic heterocycles. The average molecular weight is 388 g/mol. The van der Waals surface area contributed by atoms with E-state index in [-0.39, 0.29) is 30.0 Å². The van der Waals surface area contributed by atoms with Crippen molar-refractivity contribution in [2.24, 2.45) is 5.41 Å². The number of rotatable bonds is 6. The Morgan fingerprint density at radius 3 is 2.60 bits per heavy atom. The summed E-state index contributed by atoms with van der Waals surface area (Å²) in [4.78, 5) is 25.3. The molecule has 2 rings (SSSR count). The maximum atomic E-state index is 12.9. The van der Waals surface area contributed by atoms with Crippen molar-refractivity contribution in [3.8, 4) is 0 Å². The molecule has 1 aromatic rings. The van der Waals surface area contributed by atoms with E-state index in [2.05, 4.69) is 5.32 Å². The summed E-state index contributed by atoms with van der Waals surface area (Å²) in [5.41, 5.74) is -0.355. The first-order valence-corrected chi connectivity index (χ1v) is 10.8. The Hall–Kier alpha value is -1.25. The zero-order valence-electron chi connectivity index (χ0n) is 14.9. The molecule has 1 amide bonds. The van der Waals surface area contributed by atoms with E-state index in [0.29, 0.717) is 4.88 Å². The summed E-state index contributed by atoms with van der Waals surface area (Å²) in [5.74, 6) is -1.03. The van der Waals surface area contributed by atoms with Crippen LogP contribution in [0.15, 0.2) is 17.5 Å². The molecule has 8 heteroatoms. The number of ether oxygens (including phenoxy) is 1.